The molecule has 0 saturated heterocycles. The Morgan fingerprint density at radius 3 is 2.64 bits per heavy atom. The summed E-state index contributed by atoms with van der Waals surface area (Å²) >= 11 is 4.70. The van der Waals surface area contributed by atoms with Crippen LogP contribution in [0.5, 0.6) is 5.75 Å². The van der Waals surface area contributed by atoms with Crippen LogP contribution in [0.4, 0.5) is 0 Å². The van der Waals surface area contributed by atoms with Crippen molar-refractivity contribution >= 4 is 51.4 Å². The number of thiophene rings is 1. The van der Waals surface area contributed by atoms with Gasteiger partial charge in [-0.3, -0.25) is 4.79 Å². The summed E-state index contributed by atoms with van der Waals surface area (Å²) in [5.74, 6) is -0.478. The molecule has 5 nitrogen and oxygen atoms in total. The van der Waals surface area contributed by atoms with Gasteiger partial charge in [0.25, 0.3) is 5.91 Å². The minimum atomic E-state index is -0.511. The Morgan fingerprint density at radius 1 is 1.07 bits per heavy atom. The number of carbonyl (C=O) groups is 2. The number of ether oxygens (including phenoxy) is 1. The largest absolute Gasteiger partial charge is 0.423 e. The van der Waals surface area contributed by atoms with Crippen molar-refractivity contribution in [1.82, 2.24) is 5.43 Å². The molecule has 7 heteroatoms. The van der Waals surface area contributed by atoms with Crippen molar-refractivity contribution in [2.45, 2.75) is 0 Å². The number of esters is 1. The molecule has 1 heterocycles. The van der Waals surface area contributed by atoms with Crippen molar-refractivity contribution in [2.75, 3.05) is 0 Å². The first kappa shape index (κ1) is 19.7. The van der Waals surface area contributed by atoms with Crippen LogP contribution in [0.1, 0.15) is 20.8 Å². The Morgan fingerprint density at radius 2 is 1.89 bits per heavy atom. The van der Waals surface area contributed by atoms with E-state index >= 15 is 0 Å². The summed E-state index contributed by atoms with van der Waals surface area (Å²) in [4.78, 5) is 24.6. The first-order chi connectivity index (χ1) is 13.6. The van der Waals surface area contributed by atoms with E-state index < -0.39 is 5.97 Å². The lowest BCUT2D eigenvalue weighted by molar-refractivity contribution is -0.128. The van der Waals surface area contributed by atoms with Crippen LogP contribution >= 0.6 is 27.3 Å². The van der Waals surface area contributed by atoms with Crippen LogP contribution in [-0.2, 0) is 4.79 Å². The number of rotatable bonds is 6. The number of hydrogen-bond acceptors (Lipinski definition) is 5. The van der Waals surface area contributed by atoms with Gasteiger partial charge >= 0.3 is 5.97 Å². The van der Waals surface area contributed by atoms with Gasteiger partial charge in [-0.25, -0.2) is 10.2 Å². The third-order valence-electron chi connectivity index (χ3n) is 3.51. The molecule has 2 aromatic carbocycles. The first-order valence-electron chi connectivity index (χ1n) is 8.23. The first-order valence-corrected chi connectivity index (χ1v) is 9.90. The van der Waals surface area contributed by atoms with Gasteiger partial charge in [-0.05, 0) is 41.3 Å². The normalized spacial score (nSPS) is 11.0. The second-order valence-corrected chi connectivity index (χ2v) is 7.39. The molecule has 0 saturated carbocycles. The summed E-state index contributed by atoms with van der Waals surface area (Å²) in [5, 5.41) is 5.77. The fourth-order valence-corrected chi connectivity index (χ4v) is 3.20. The fourth-order valence-electron chi connectivity index (χ4n) is 2.21. The second-order valence-electron chi connectivity index (χ2n) is 5.52. The zero-order chi connectivity index (χ0) is 19.8. The minimum Gasteiger partial charge on any atom is -0.423 e. The van der Waals surface area contributed by atoms with Crippen molar-refractivity contribution in [3.05, 3.63) is 92.6 Å². The Labute approximate surface area is 174 Å². The summed E-state index contributed by atoms with van der Waals surface area (Å²) in [6, 6.07) is 18.1. The van der Waals surface area contributed by atoms with Crippen LogP contribution in [0.25, 0.3) is 6.08 Å². The highest BCUT2D eigenvalue weighted by Crippen LogP contribution is 2.22. The molecule has 0 aliphatic rings. The molecule has 0 spiro atoms. The number of nitrogens with one attached hydrogen (secondary N) is 1. The average Bonchev–Trinajstić information content (AvgIpc) is 3.24. The number of nitrogens with zero attached hydrogens (tertiary/aromatic N) is 1. The van der Waals surface area contributed by atoms with Gasteiger partial charge in [0, 0.05) is 16.1 Å². The molecule has 0 aliphatic carbocycles. The molecule has 0 fully saturated rings. The maximum Gasteiger partial charge on any atom is 0.336 e. The average molecular weight is 455 g/mol. The molecule has 0 aliphatic heterocycles. The number of halogens is 1. The van der Waals surface area contributed by atoms with Gasteiger partial charge in [0.05, 0.1) is 11.1 Å². The van der Waals surface area contributed by atoms with E-state index in [1.54, 1.807) is 36.4 Å². The number of benzene rings is 2. The van der Waals surface area contributed by atoms with Gasteiger partial charge in [-0.15, -0.1) is 11.3 Å². The summed E-state index contributed by atoms with van der Waals surface area (Å²) < 4.78 is 6.19. The van der Waals surface area contributed by atoms with Crippen LogP contribution in [0, 0.1) is 0 Å². The predicted octanol–water partition coefficient (Wildman–Crippen LogP) is 4.89. The van der Waals surface area contributed by atoms with E-state index in [-0.39, 0.29) is 5.91 Å². The molecule has 0 bridgehead atoms. The monoisotopic (exact) mass is 454 g/mol. The smallest absolute Gasteiger partial charge is 0.336 e. The topological polar surface area (TPSA) is 67.8 Å². The number of hydrogen-bond donors (Lipinski definition) is 1. The quantitative estimate of drug-likeness (QED) is 0.189. The van der Waals surface area contributed by atoms with Crippen LogP contribution in [0.3, 0.4) is 0 Å². The van der Waals surface area contributed by atoms with Crippen LogP contribution in [0.15, 0.2) is 81.7 Å². The molecule has 0 radical (unpaired) electrons. The molecule has 28 heavy (non-hydrogen) atoms. The summed E-state index contributed by atoms with van der Waals surface area (Å²) in [7, 11) is 0. The molecule has 0 atom stereocenters. The summed E-state index contributed by atoms with van der Waals surface area (Å²) in [6.45, 7) is 0. The SMILES string of the molecule is O=C(/C=C/c1ccccc1)Oc1ccc(Br)cc1/C=N/NC(=O)c1cccs1. The van der Waals surface area contributed by atoms with E-state index in [2.05, 4.69) is 26.5 Å². The molecule has 140 valence electrons. The Bertz CT molecular complexity index is 1020. The van der Waals surface area contributed by atoms with Crippen LogP contribution < -0.4 is 10.2 Å². The molecule has 3 rings (SSSR count). The molecule has 3 aromatic rings. The standard InChI is InChI=1S/C21H15BrN2O3S/c22-17-9-10-18(27-20(25)11-8-15-5-2-1-3-6-15)16(13-17)14-23-24-21(26)19-7-4-12-28-19/h1-14H,(H,24,26)/b11-8+,23-14+. The molecular weight excluding hydrogens is 440 g/mol. The van der Waals surface area contributed by atoms with Crippen molar-refractivity contribution in [3.63, 3.8) is 0 Å². The molecule has 1 N–H and O–H groups in total. The van der Waals surface area contributed by atoms with Crippen molar-refractivity contribution in [1.29, 1.82) is 0 Å². The number of amides is 1. The van der Waals surface area contributed by atoms with Gasteiger partial charge in [-0.2, -0.15) is 5.10 Å². The van der Waals surface area contributed by atoms with E-state index in [0.717, 1.165) is 10.0 Å². The Kier molecular flexibility index (Phi) is 6.89. The van der Waals surface area contributed by atoms with Crippen molar-refractivity contribution in [3.8, 4) is 5.75 Å². The lowest BCUT2D eigenvalue weighted by Gasteiger charge is -2.06. The van der Waals surface area contributed by atoms with Gasteiger partial charge in [0.1, 0.15) is 5.75 Å². The van der Waals surface area contributed by atoms with Gasteiger partial charge < -0.3 is 4.74 Å². The van der Waals surface area contributed by atoms with Crippen molar-refractivity contribution in [2.24, 2.45) is 5.10 Å². The van der Waals surface area contributed by atoms with E-state index in [1.807, 2.05) is 35.7 Å². The molecular formula is C21H15BrN2O3S. The third-order valence-corrected chi connectivity index (χ3v) is 4.87. The van der Waals surface area contributed by atoms with Crippen LogP contribution in [0.2, 0.25) is 0 Å². The number of carbonyl (C=O) groups excluding carboxylic acids is 2. The van der Waals surface area contributed by atoms with Crippen molar-refractivity contribution < 1.29 is 14.3 Å². The van der Waals surface area contributed by atoms with E-state index in [1.165, 1.54) is 23.6 Å². The highest BCUT2D eigenvalue weighted by atomic mass is 79.9. The highest BCUT2D eigenvalue weighted by Gasteiger charge is 2.08. The summed E-state index contributed by atoms with van der Waals surface area (Å²) in [6.07, 6.45) is 4.47. The predicted molar refractivity (Wildman–Crippen MR) is 115 cm³/mol. The van der Waals surface area contributed by atoms with Gasteiger partial charge in [0.15, 0.2) is 0 Å². The van der Waals surface area contributed by atoms with E-state index in [9.17, 15) is 9.59 Å². The maximum absolute atomic E-state index is 12.1. The Balaban J connectivity index is 1.68. The minimum absolute atomic E-state index is 0.300. The number of hydrazone groups is 1. The third kappa shape index (κ3) is 5.73. The van der Waals surface area contributed by atoms with Gasteiger partial charge in [-0.1, -0.05) is 52.3 Å². The lowest BCUT2D eigenvalue weighted by Crippen LogP contribution is -2.16. The lowest BCUT2D eigenvalue weighted by atomic mass is 10.2. The maximum atomic E-state index is 12.1. The molecule has 0 unspecified atom stereocenters. The highest BCUT2D eigenvalue weighted by molar-refractivity contribution is 9.10. The van der Waals surface area contributed by atoms with E-state index in [0.29, 0.717) is 16.2 Å². The summed E-state index contributed by atoms with van der Waals surface area (Å²) in [5.41, 5.74) is 3.89. The zero-order valence-corrected chi connectivity index (χ0v) is 16.9. The van der Waals surface area contributed by atoms with Crippen LogP contribution in [-0.4, -0.2) is 18.1 Å². The molecule has 1 aromatic heterocycles. The van der Waals surface area contributed by atoms with E-state index in [4.69, 9.17) is 4.74 Å². The Hall–Kier alpha value is -3.03. The zero-order valence-electron chi connectivity index (χ0n) is 14.5. The fraction of sp³-hybridized carbons (Fsp3) is 0. The van der Waals surface area contributed by atoms with Gasteiger partial charge in [0.2, 0.25) is 0 Å². The second kappa shape index (κ2) is 9.77. The molecule has 1 amide bonds.